The first-order chi connectivity index (χ1) is 12.0. The zero-order valence-electron chi connectivity index (χ0n) is 14.5. The maximum absolute atomic E-state index is 14.3. The summed E-state index contributed by atoms with van der Waals surface area (Å²) < 4.78 is 16.6. The van der Waals surface area contributed by atoms with Crippen LogP contribution in [0.1, 0.15) is 43.9 Å². The lowest BCUT2D eigenvalue weighted by Gasteiger charge is -2.17. The maximum Gasteiger partial charge on any atom is 0.125 e. The van der Waals surface area contributed by atoms with Crippen molar-refractivity contribution >= 4 is 34.3 Å². The number of fused-ring (bicyclic) bond motifs is 3. The molecule has 0 spiro atoms. The predicted octanol–water partition coefficient (Wildman–Crippen LogP) is 7.04. The molecule has 1 nitrogen and oxygen atoms in total. The fourth-order valence-corrected chi connectivity index (χ4v) is 5.03. The third-order valence-electron chi connectivity index (χ3n) is 4.92. The molecule has 0 fully saturated rings. The molecule has 1 aliphatic heterocycles. The molecule has 0 unspecified atom stereocenters. The van der Waals surface area contributed by atoms with E-state index in [-0.39, 0.29) is 11.7 Å². The van der Waals surface area contributed by atoms with Crippen molar-refractivity contribution in [2.45, 2.75) is 55.4 Å². The van der Waals surface area contributed by atoms with Crippen molar-refractivity contribution in [3.05, 3.63) is 58.5 Å². The summed E-state index contributed by atoms with van der Waals surface area (Å²) in [4.78, 5) is 2.46. The molecule has 0 saturated carbocycles. The third-order valence-corrected chi connectivity index (χ3v) is 6.32. The van der Waals surface area contributed by atoms with Crippen molar-refractivity contribution in [2.24, 2.45) is 0 Å². The normalized spacial score (nSPS) is 14.3. The highest BCUT2D eigenvalue weighted by Gasteiger charge is 2.24. The molecule has 0 radical (unpaired) electrons. The minimum atomic E-state index is -0.134. The molecule has 130 valence electrons. The molecule has 0 amide bonds. The summed E-state index contributed by atoms with van der Waals surface area (Å²) in [7, 11) is 0. The van der Waals surface area contributed by atoms with E-state index >= 15 is 0 Å². The predicted molar refractivity (Wildman–Crippen MR) is 104 cm³/mol. The zero-order valence-corrected chi connectivity index (χ0v) is 16.1. The Kier molecular flexibility index (Phi) is 4.55. The van der Waals surface area contributed by atoms with Crippen molar-refractivity contribution in [2.75, 3.05) is 0 Å². The Balaban J connectivity index is 1.96. The van der Waals surface area contributed by atoms with E-state index in [1.807, 2.05) is 12.1 Å². The van der Waals surface area contributed by atoms with Crippen molar-refractivity contribution < 1.29 is 4.39 Å². The van der Waals surface area contributed by atoms with Crippen LogP contribution in [0.2, 0.25) is 5.02 Å². The van der Waals surface area contributed by atoms with Crippen LogP contribution in [0.5, 0.6) is 0 Å². The molecule has 0 bridgehead atoms. The van der Waals surface area contributed by atoms with Crippen molar-refractivity contribution in [3.8, 4) is 0 Å². The third kappa shape index (κ3) is 3.09. The van der Waals surface area contributed by atoms with Gasteiger partial charge in [0.25, 0.3) is 0 Å². The van der Waals surface area contributed by atoms with Gasteiger partial charge in [0.1, 0.15) is 5.82 Å². The molecule has 1 aromatic heterocycles. The number of benzene rings is 2. The van der Waals surface area contributed by atoms with E-state index in [4.69, 9.17) is 11.6 Å². The Morgan fingerprint density at radius 2 is 1.88 bits per heavy atom. The Morgan fingerprint density at radius 1 is 1.12 bits per heavy atom. The molecule has 25 heavy (non-hydrogen) atoms. The number of aryl methyl sites for hydroxylation is 1. The Labute approximate surface area is 157 Å². The van der Waals surface area contributed by atoms with Gasteiger partial charge in [-0.2, -0.15) is 0 Å². The summed E-state index contributed by atoms with van der Waals surface area (Å²) in [5.74, 6) is 0.150. The van der Waals surface area contributed by atoms with E-state index in [9.17, 15) is 4.39 Å². The quantitative estimate of drug-likeness (QED) is 0.476. The first-order valence-electron chi connectivity index (χ1n) is 8.82. The second-order valence-electron chi connectivity index (χ2n) is 6.98. The molecule has 2 aromatic carbocycles. The molecule has 0 atom stereocenters. The van der Waals surface area contributed by atoms with Crippen LogP contribution in [0.15, 0.2) is 46.2 Å². The van der Waals surface area contributed by atoms with Crippen LogP contribution in [0.25, 0.3) is 10.9 Å². The second kappa shape index (κ2) is 6.69. The Bertz CT molecular complexity index is 927. The molecule has 0 aliphatic carbocycles. The average molecular weight is 374 g/mol. The van der Waals surface area contributed by atoms with Gasteiger partial charge in [-0.3, -0.25) is 0 Å². The molecular formula is C21H21ClFNS. The van der Waals surface area contributed by atoms with Gasteiger partial charge in [0.2, 0.25) is 0 Å². The van der Waals surface area contributed by atoms with Crippen molar-refractivity contribution in [1.29, 1.82) is 0 Å². The van der Waals surface area contributed by atoms with Crippen LogP contribution >= 0.6 is 23.4 Å². The molecule has 1 aliphatic rings. The molecular weight excluding hydrogens is 353 g/mol. The number of rotatable bonds is 3. The molecule has 4 rings (SSSR count). The fourth-order valence-electron chi connectivity index (χ4n) is 3.74. The lowest BCUT2D eigenvalue weighted by Crippen LogP contribution is -2.09. The average Bonchev–Trinajstić information content (AvgIpc) is 2.90. The summed E-state index contributed by atoms with van der Waals surface area (Å²) >= 11 is 7.82. The summed E-state index contributed by atoms with van der Waals surface area (Å²) in [5, 5.41) is 1.98. The monoisotopic (exact) mass is 373 g/mol. The number of aromatic nitrogens is 1. The summed E-state index contributed by atoms with van der Waals surface area (Å²) in [6.07, 6.45) is 3.42. The van der Waals surface area contributed by atoms with Gasteiger partial charge in [-0.05, 0) is 67.1 Å². The Morgan fingerprint density at radius 3 is 2.60 bits per heavy atom. The van der Waals surface area contributed by atoms with Gasteiger partial charge >= 0.3 is 0 Å². The number of nitrogens with zero attached hydrogens (tertiary/aromatic N) is 1. The minimum absolute atomic E-state index is 0.134. The molecule has 3 aromatic rings. The van der Waals surface area contributed by atoms with Crippen LogP contribution in [0, 0.1) is 5.82 Å². The van der Waals surface area contributed by atoms with Gasteiger partial charge in [0, 0.05) is 32.4 Å². The van der Waals surface area contributed by atoms with E-state index < -0.39 is 0 Å². The van der Waals surface area contributed by atoms with Gasteiger partial charge in [-0.1, -0.05) is 37.2 Å². The number of halogens is 2. The van der Waals surface area contributed by atoms with E-state index in [1.54, 1.807) is 23.9 Å². The highest BCUT2D eigenvalue weighted by atomic mass is 35.5. The topological polar surface area (TPSA) is 4.93 Å². The second-order valence-corrected chi connectivity index (χ2v) is 8.50. The first kappa shape index (κ1) is 17.0. The highest BCUT2D eigenvalue weighted by molar-refractivity contribution is 7.99. The van der Waals surface area contributed by atoms with E-state index in [1.165, 1.54) is 27.3 Å². The van der Waals surface area contributed by atoms with E-state index in [2.05, 4.69) is 30.5 Å². The van der Waals surface area contributed by atoms with E-state index in [0.717, 1.165) is 35.5 Å². The van der Waals surface area contributed by atoms with Crippen LogP contribution in [-0.4, -0.2) is 4.57 Å². The standard InChI is InChI=1S/C21H21ClFNS/c1-13(2)17-11-15(23)12-19-20(17)21(18-5-3-4-10-24(18)19)25-16-8-6-14(22)7-9-16/h6-9,11-13H,3-5,10H2,1-2H3. The lowest BCUT2D eigenvalue weighted by atomic mass is 9.99. The van der Waals surface area contributed by atoms with Crippen LogP contribution in [-0.2, 0) is 13.0 Å². The van der Waals surface area contributed by atoms with E-state index in [0.29, 0.717) is 0 Å². The smallest absolute Gasteiger partial charge is 0.125 e. The van der Waals surface area contributed by atoms with Crippen LogP contribution < -0.4 is 0 Å². The van der Waals surface area contributed by atoms with Crippen LogP contribution in [0.4, 0.5) is 4.39 Å². The summed E-state index contributed by atoms with van der Waals surface area (Å²) in [6.45, 7) is 5.26. The van der Waals surface area contributed by atoms with Crippen LogP contribution in [0.3, 0.4) is 0 Å². The summed E-state index contributed by atoms with van der Waals surface area (Å²) in [6, 6.07) is 11.4. The number of hydrogen-bond acceptors (Lipinski definition) is 1. The molecule has 0 saturated heterocycles. The van der Waals surface area contributed by atoms with Gasteiger partial charge < -0.3 is 4.57 Å². The fraction of sp³-hybridized carbons (Fsp3) is 0.333. The van der Waals surface area contributed by atoms with Crippen molar-refractivity contribution in [1.82, 2.24) is 4.57 Å². The highest BCUT2D eigenvalue weighted by Crippen LogP contribution is 2.44. The maximum atomic E-state index is 14.3. The lowest BCUT2D eigenvalue weighted by molar-refractivity contribution is 0.537. The Hall–Kier alpha value is -1.45. The first-order valence-corrected chi connectivity index (χ1v) is 10.0. The molecule has 4 heteroatoms. The largest absolute Gasteiger partial charge is 0.343 e. The molecule has 2 heterocycles. The zero-order chi connectivity index (χ0) is 17.6. The number of hydrogen-bond donors (Lipinski definition) is 0. The van der Waals surface area contributed by atoms with Gasteiger partial charge in [0.15, 0.2) is 0 Å². The minimum Gasteiger partial charge on any atom is -0.343 e. The van der Waals surface area contributed by atoms with Crippen molar-refractivity contribution in [3.63, 3.8) is 0 Å². The van der Waals surface area contributed by atoms with Gasteiger partial charge in [-0.25, -0.2) is 4.39 Å². The SMILES string of the molecule is CC(C)c1cc(F)cc2c1c(Sc1ccc(Cl)cc1)c1n2CCCC1. The van der Waals surface area contributed by atoms with Gasteiger partial charge in [0.05, 0.1) is 5.52 Å². The van der Waals surface area contributed by atoms with Gasteiger partial charge in [-0.15, -0.1) is 0 Å². The molecule has 0 N–H and O–H groups in total. The summed E-state index contributed by atoms with van der Waals surface area (Å²) in [5.41, 5.74) is 3.51.